The summed E-state index contributed by atoms with van der Waals surface area (Å²) < 4.78 is 39.0. The Morgan fingerprint density at radius 2 is 2.00 bits per heavy atom. The van der Waals surface area contributed by atoms with E-state index in [-0.39, 0.29) is 17.9 Å². The van der Waals surface area contributed by atoms with Gasteiger partial charge in [0.05, 0.1) is 18.8 Å². The summed E-state index contributed by atoms with van der Waals surface area (Å²) in [7, 11) is 1.53. The first-order valence-electron chi connectivity index (χ1n) is 9.45. The molecule has 1 N–H and O–H groups in total. The molecule has 1 heterocycles. The van der Waals surface area contributed by atoms with Crippen molar-refractivity contribution in [1.29, 1.82) is 0 Å². The molecule has 156 valence electrons. The van der Waals surface area contributed by atoms with Crippen molar-refractivity contribution in [3.8, 4) is 0 Å². The number of ether oxygens (including phenoxy) is 2. The first kappa shape index (κ1) is 21.7. The van der Waals surface area contributed by atoms with Crippen LogP contribution in [0.3, 0.4) is 0 Å². The molecule has 29 heavy (non-hydrogen) atoms. The van der Waals surface area contributed by atoms with Crippen LogP contribution in [0.4, 0.5) is 8.78 Å². The minimum atomic E-state index is -0.671. The Hall–Kier alpha value is -2.02. The van der Waals surface area contributed by atoms with Gasteiger partial charge in [-0.05, 0) is 30.7 Å². The Kier molecular flexibility index (Phi) is 6.88. The Balaban J connectivity index is 1.91. The lowest BCUT2D eigenvalue weighted by atomic mass is 9.81. The van der Waals surface area contributed by atoms with Crippen LogP contribution in [0.5, 0.6) is 0 Å². The summed E-state index contributed by atoms with van der Waals surface area (Å²) >= 11 is 6.13. The van der Waals surface area contributed by atoms with E-state index in [1.807, 2.05) is 19.1 Å². The first-order valence-corrected chi connectivity index (χ1v) is 9.83. The lowest BCUT2D eigenvalue weighted by molar-refractivity contribution is -0.129. The van der Waals surface area contributed by atoms with Crippen LogP contribution in [0, 0.1) is 11.6 Å². The van der Waals surface area contributed by atoms with Crippen LogP contribution in [0.25, 0.3) is 0 Å². The molecular weight excluding hydrogens is 400 g/mol. The topological polar surface area (TPSA) is 47.6 Å². The lowest BCUT2D eigenvalue weighted by Gasteiger charge is -2.43. The Bertz CT molecular complexity index is 879. The Morgan fingerprint density at radius 1 is 1.24 bits per heavy atom. The fourth-order valence-electron chi connectivity index (χ4n) is 3.74. The highest BCUT2D eigenvalue weighted by molar-refractivity contribution is 6.30. The fourth-order valence-corrected chi connectivity index (χ4v) is 3.94. The van der Waals surface area contributed by atoms with E-state index in [1.165, 1.54) is 19.2 Å². The molecule has 0 aromatic heterocycles. The molecule has 0 aliphatic carbocycles. The van der Waals surface area contributed by atoms with Gasteiger partial charge in [-0.3, -0.25) is 4.79 Å². The number of carbonyl (C=O) groups is 1. The number of amides is 1. The Labute approximate surface area is 174 Å². The van der Waals surface area contributed by atoms with E-state index >= 15 is 0 Å². The molecule has 1 amide bonds. The van der Waals surface area contributed by atoms with Gasteiger partial charge < -0.3 is 14.8 Å². The number of carbonyl (C=O) groups excluding carboxylic acids is 1. The third-order valence-corrected chi connectivity index (χ3v) is 5.34. The van der Waals surface area contributed by atoms with E-state index in [9.17, 15) is 13.6 Å². The lowest BCUT2D eigenvalue weighted by Crippen LogP contribution is -2.51. The summed E-state index contributed by atoms with van der Waals surface area (Å²) in [6, 6.07) is 10.7. The zero-order valence-corrected chi connectivity index (χ0v) is 17.1. The number of benzene rings is 2. The highest BCUT2D eigenvalue weighted by atomic mass is 35.5. The van der Waals surface area contributed by atoms with Crippen molar-refractivity contribution in [1.82, 2.24) is 5.32 Å². The number of hydrogen-bond acceptors (Lipinski definition) is 3. The third kappa shape index (κ3) is 5.53. The summed E-state index contributed by atoms with van der Waals surface area (Å²) in [6.45, 7) is 2.22. The van der Waals surface area contributed by atoms with E-state index < -0.39 is 29.4 Å². The molecule has 0 bridgehead atoms. The molecule has 7 heteroatoms. The maximum Gasteiger partial charge on any atom is 0.222 e. The number of methoxy groups -OCH3 is 1. The largest absolute Gasteiger partial charge is 0.384 e. The molecule has 1 aliphatic rings. The number of rotatable bonds is 6. The third-order valence-electron chi connectivity index (χ3n) is 5.10. The summed E-state index contributed by atoms with van der Waals surface area (Å²) in [6.07, 6.45) is 0.00633. The molecule has 4 nitrogen and oxygen atoms in total. The van der Waals surface area contributed by atoms with E-state index in [0.29, 0.717) is 24.5 Å². The smallest absolute Gasteiger partial charge is 0.222 e. The van der Waals surface area contributed by atoms with Crippen molar-refractivity contribution < 1.29 is 23.0 Å². The van der Waals surface area contributed by atoms with Crippen molar-refractivity contribution in [3.63, 3.8) is 0 Å². The molecule has 0 spiro atoms. The molecule has 1 fully saturated rings. The summed E-state index contributed by atoms with van der Waals surface area (Å²) in [4.78, 5) is 12.4. The van der Waals surface area contributed by atoms with Crippen LogP contribution in [0.1, 0.15) is 49.5 Å². The monoisotopic (exact) mass is 423 g/mol. The molecular formula is C22H24ClF2NO3. The predicted molar refractivity (Wildman–Crippen MR) is 107 cm³/mol. The molecule has 2 aromatic carbocycles. The van der Waals surface area contributed by atoms with Gasteiger partial charge in [0.1, 0.15) is 11.6 Å². The number of hydrogen-bond donors (Lipinski definition) is 1. The van der Waals surface area contributed by atoms with Crippen molar-refractivity contribution >= 4 is 17.5 Å². The molecule has 0 radical (unpaired) electrons. The van der Waals surface area contributed by atoms with Gasteiger partial charge in [-0.15, -0.1) is 0 Å². The average Bonchev–Trinajstić information content (AvgIpc) is 2.65. The summed E-state index contributed by atoms with van der Waals surface area (Å²) in [5, 5.41) is 3.61. The predicted octanol–water partition coefficient (Wildman–Crippen LogP) is 5.12. The molecule has 3 rings (SSSR count). The van der Waals surface area contributed by atoms with Gasteiger partial charge in [0, 0.05) is 48.6 Å². The summed E-state index contributed by atoms with van der Waals surface area (Å²) in [5.74, 6) is -1.47. The number of nitrogens with one attached hydrogen (secondary N) is 1. The molecule has 0 unspecified atom stereocenters. The van der Waals surface area contributed by atoms with Gasteiger partial charge in [0.25, 0.3) is 0 Å². The van der Waals surface area contributed by atoms with Crippen molar-refractivity contribution in [3.05, 3.63) is 70.2 Å². The SMILES string of the molecule is COCCC(=O)N[C@@]1(C)C[C@@H](c2cccc(Cl)c2)O[C@@H](c2ccc(F)cc2F)C1. The van der Waals surface area contributed by atoms with Crippen LogP contribution in [0.2, 0.25) is 5.02 Å². The second-order valence-electron chi connectivity index (χ2n) is 7.59. The standard InChI is InChI=1S/C22H24ClF2NO3/c1-22(26-21(27)8-9-28-2)12-19(14-4-3-5-15(23)10-14)29-20(13-22)17-7-6-16(24)11-18(17)25/h3-7,10-11,19-20H,8-9,12-13H2,1-2H3,(H,26,27)/t19-,20+,22-/m0/s1. The van der Waals surface area contributed by atoms with Gasteiger partial charge in [0.2, 0.25) is 5.91 Å². The normalized spacial score (nSPS) is 24.3. The molecule has 2 aromatic rings. The van der Waals surface area contributed by atoms with Crippen molar-refractivity contribution in [2.45, 2.75) is 43.9 Å². The van der Waals surface area contributed by atoms with Crippen molar-refractivity contribution in [2.24, 2.45) is 0 Å². The number of halogens is 3. The van der Waals surface area contributed by atoms with Gasteiger partial charge in [-0.1, -0.05) is 29.8 Å². The first-order chi connectivity index (χ1) is 13.8. The van der Waals surface area contributed by atoms with Crippen LogP contribution in [-0.4, -0.2) is 25.2 Å². The van der Waals surface area contributed by atoms with Crippen LogP contribution < -0.4 is 5.32 Å². The quantitative estimate of drug-likeness (QED) is 0.701. The van der Waals surface area contributed by atoms with E-state index in [2.05, 4.69) is 5.32 Å². The van der Waals surface area contributed by atoms with E-state index in [0.717, 1.165) is 11.6 Å². The molecule has 1 saturated heterocycles. The van der Waals surface area contributed by atoms with Gasteiger partial charge in [-0.25, -0.2) is 8.78 Å². The Morgan fingerprint density at radius 3 is 2.69 bits per heavy atom. The van der Waals surface area contributed by atoms with Crippen LogP contribution >= 0.6 is 11.6 Å². The van der Waals surface area contributed by atoms with E-state index in [4.69, 9.17) is 21.1 Å². The highest BCUT2D eigenvalue weighted by Crippen LogP contribution is 2.44. The second kappa shape index (κ2) is 9.20. The molecule has 0 saturated carbocycles. The van der Waals surface area contributed by atoms with Gasteiger partial charge in [0.15, 0.2) is 0 Å². The minimum Gasteiger partial charge on any atom is -0.384 e. The maximum absolute atomic E-state index is 14.5. The van der Waals surface area contributed by atoms with Crippen LogP contribution in [-0.2, 0) is 14.3 Å². The van der Waals surface area contributed by atoms with Gasteiger partial charge >= 0.3 is 0 Å². The van der Waals surface area contributed by atoms with E-state index in [1.54, 1.807) is 12.1 Å². The van der Waals surface area contributed by atoms with Crippen LogP contribution in [0.15, 0.2) is 42.5 Å². The minimum absolute atomic E-state index is 0.153. The second-order valence-corrected chi connectivity index (χ2v) is 8.03. The molecule has 1 aliphatic heterocycles. The van der Waals surface area contributed by atoms with Gasteiger partial charge in [-0.2, -0.15) is 0 Å². The fraction of sp³-hybridized carbons (Fsp3) is 0.409. The molecule has 3 atom stereocenters. The maximum atomic E-state index is 14.5. The zero-order valence-electron chi connectivity index (χ0n) is 16.4. The highest BCUT2D eigenvalue weighted by Gasteiger charge is 2.41. The van der Waals surface area contributed by atoms with Crippen molar-refractivity contribution in [2.75, 3.05) is 13.7 Å². The average molecular weight is 424 g/mol. The zero-order chi connectivity index (χ0) is 21.0. The summed E-state index contributed by atoms with van der Waals surface area (Å²) in [5.41, 5.74) is 0.444.